The molecule has 1 fully saturated rings. The molecule has 1 nitrogen and oxygen atoms in total. The molecule has 1 aliphatic heterocycles. The largest absolute Gasteiger partial charge is 0.309 e. The molecular formula is C12H25N. The van der Waals surface area contributed by atoms with E-state index < -0.39 is 0 Å². The maximum Gasteiger partial charge on any atom is 0.0181 e. The van der Waals surface area contributed by atoms with Crippen molar-refractivity contribution in [3.05, 3.63) is 0 Å². The first-order valence-electron chi connectivity index (χ1n) is 5.89. The van der Waals surface area contributed by atoms with Gasteiger partial charge >= 0.3 is 0 Å². The van der Waals surface area contributed by atoms with Crippen molar-refractivity contribution in [2.75, 3.05) is 0 Å². The Morgan fingerprint density at radius 2 is 1.77 bits per heavy atom. The minimum Gasteiger partial charge on any atom is -0.309 e. The average Bonchev–Trinajstić information content (AvgIpc) is 2.26. The quantitative estimate of drug-likeness (QED) is 0.692. The van der Waals surface area contributed by atoms with Crippen molar-refractivity contribution in [1.29, 1.82) is 0 Å². The molecule has 0 saturated carbocycles. The molecule has 1 N–H and O–H groups in total. The standard InChI is InChI=1S/C12H25N/c1-5-12(6-2)9-10(3)7-8-11(4)13-12/h10-11,13H,5-9H2,1-4H3. The zero-order valence-electron chi connectivity index (χ0n) is 9.69. The van der Waals surface area contributed by atoms with E-state index in [2.05, 4.69) is 33.0 Å². The molecule has 0 spiro atoms. The molecule has 0 radical (unpaired) electrons. The van der Waals surface area contributed by atoms with Crippen LogP contribution in [0.15, 0.2) is 0 Å². The van der Waals surface area contributed by atoms with Crippen molar-refractivity contribution in [1.82, 2.24) is 5.32 Å². The maximum absolute atomic E-state index is 3.82. The van der Waals surface area contributed by atoms with Crippen LogP contribution in [0.25, 0.3) is 0 Å². The highest BCUT2D eigenvalue weighted by Crippen LogP contribution is 2.31. The molecule has 0 bridgehead atoms. The highest BCUT2D eigenvalue weighted by Gasteiger charge is 2.31. The first-order chi connectivity index (χ1) is 6.12. The fourth-order valence-corrected chi connectivity index (χ4v) is 2.70. The van der Waals surface area contributed by atoms with E-state index in [1.165, 1.54) is 32.1 Å². The Morgan fingerprint density at radius 1 is 1.15 bits per heavy atom. The third kappa shape index (κ3) is 2.70. The lowest BCUT2D eigenvalue weighted by molar-refractivity contribution is 0.248. The summed E-state index contributed by atoms with van der Waals surface area (Å²) in [5.41, 5.74) is 0.440. The van der Waals surface area contributed by atoms with Crippen LogP contribution in [0, 0.1) is 5.92 Å². The zero-order chi connectivity index (χ0) is 9.90. The first kappa shape index (κ1) is 11.0. The van der Waals surface area contributed by atoms with Gasteiger partial charge in [-0.3, -0.25) is 0 Å². The van der Waals surface area contributed by atoms with Gasteiger partial charge in [-0.15, -0.1) is 0 Å². The summed E-state index contributed by atoms with van der Waals surface area (Å²) in [5.74, 6) is 0.900. The van der Waals surface area contributed by atoms with Crippen LogP contribution in [0.4, 0.5) is 0 Å². The van der Waals surface area contributed by atoms with Gasteiger partial charge in [0.25, 0.3) is 0 Å². The van der Waals surface area contributed by atoms with E-state index in [0.717, 1.165) is 5.92 Å². The molecule has 0 aromatic heterocycles. The van der Waals surface area contributed by atoms with Gasteiger partial charge in [-0.25, -0.2) is 0 Å². The van der Waals surface area contributed by atoms with Crippen LogP contribution in [0.2, 0.25) is 0 Å². The predicted octanol–water partition coefficient (Wildman–Crippen LogP) is 3.34. The second-order valence-electron chi connectivity index (χ2n) is 4.92. The minimum atomic E-state index is 0.440. The second-order valence-corrected chi connectivity index (χ2v) is 4.92. The predicted molar refractivity (Wildman–Crippen MR) is 58.9 cm³/mol. The van der Waals surface area contributed by atoms with Crippen LogP contribution >= 0.6 is 0 Å². The summed E-state index contributed by atoms with van der Waals surface area (Å²) < 4.78 is 0. The molecule has 13 heavy (non-hydrogen) atoms. The van der Waals surface area contributed by atoms with Gasteiger partial charge < -0.3 is 5.32 Å². The molecule has 2 unspecified atom stereocenters. The lowest BCUT2D eigenvalue weighted by Crippen LogP contribution is -2.47. The van der Waals surface area contributed by atoms with E-state index in [1.807, 2.05) is 0 Å². The Bertz CT molecular complexity index is 135. The Labute approximate surface area is 83.3 Å². The van der Waals surface area contributed by atoms with Crippen molar-refractivity contribution >= 4 is 0 Å². The van der Waals surface area contributed by atoms with Crippen molar-refractivity contribution < 1.29 is 0 Å². The highest BCUT2D eigenvalue weighted by atomic mass is 15.0. The third-order valence-corrected chi connectivity index (χ3v) is 3.74. The molecule has 0 aliphatic carbocycles. The van der Waals surface area contributed by atoms with Gasteiger partial charge in [-0.2, -0.15) is 0 Å². The van der Waals surface area contributed by atoms with Crippen molar-refractivity contribution in [2.45, 2.75) is 71.4 Å². The van der Waals surface area contributed by atoms with Gasteiger partial charge in [0.1, 0.15) is 0 Å². The minimum absolute atomic E-state index is 0.440. The van der Waals surface area contributed by atoms with Crippen molar-refractivity contribution in [3.63, 3.8) is 0 Å². The Balaban J connectivity index is 2.69. The summed E-state index contributed by atoms with van der Waals surface area (Å²) in [7, 11) is 0. The molecular weight excluding hydrogens is 158 g/mol. The number of rotatable bonds is 2. The Hall–Kier alpha value is -0.0400. The van der Waals surface area contributed by atoms with E-state index in [9.17, 15) is 0 Å². The topological polar surface area (TPSA) is 12.0 Å². The third-order valence-electron chi connectivity index (χ3n) is 3.74. The van der Waals surface area contributed by atoms with E-state index in [-0.39, 0.29) is 0 Å². The van der Waals surface area contributed by atoms with Crippen LogP contribution in [0.1, 0.15) is 59.8 Å². The van der Waals surface area contributed by atoms with Gasteiger partial charge in [0.05, 0.1) is 0 Å². The van der Waals surface area contributed by atoms with Crippen LogP contribution in [0.3, 0.4) is 0 Å². The van der Waals surface area contributed by atoms with Crippen molar-refractivity contribution in [2.24, 2.45) is 5.92 Å². The monoisotopic (exact) mass is 183 g/mol. The lowest BCUT2D eigenvalue weighted by Gasteiger charge is -2.35. The Morgan fingerprint density at radius 3 is 2.31 bits per heavy atom. The average molecular weight is 183 g/mol. The molecule has 0 aromatic rings. The smallest absolute Gasteiger partial charge is 0.0181 e. The maximum atomic E-state index is 3.82. The molecule has 1 heterocycles. The van der Waals surface area contributed by atoms with Crippen molar-refractivity contribution in [3.8, 4) is 0 Å². The fraction of sp³-hybridized carbons (Fsp3) is 1.00. The molecule has 1 saturated heterocycles. The second kappa shape index (κ2) is 4.45. The van der Waals surface area contributed by atoms with E-state index in [0.29, 0.717) is 11.6 Å². The molecule has 0 amide bonds. The van der Waals surface area contributed by atoms with Gasteiger partial charge in [0.15, 0.2) is 0 Å². The van der Waals surface area contributed by atoms with Gasteiger partial charge in [-0.1, -0.05) is 20.8 Å². The van der Waals surface area contributed by atoms with Gasteiger partial charge in [-0.05, 0) is 44.9 Å². The highest BCUT2D eigenvalue weighted by molar-refractivity contribution is 4.91. The summed E-state index contributed by atoms with van der Waals surface area (Å²) in [6, 6.07) is 0.713. The fourth-order valence-electron chi connectivity index (χ4n) is 2.70. The number of nitrogens with one attached hydrogen (secondary N) is 1. The summed E-state index contributed by atoms with van der Waals surface area (Å²) in [6.07, 6.45) is 6.67. The molecule has 1 rings (SSSR count). The van der Waals surface area contributed by atoms with E-state index in [1.54, 1.807) is 0 Å². The first-order valence-corrected chi connectivity index (χ1v) is 5.89. The molecule has 0 aromatic carbocycles. The summed E-state index contributed by atoms with van der Waals surface area (Å²) >= 11 is 0. The molecule has 2 atom stereocenters. The van der Waals surface area contributed by atoms with Crippen LogP contribution in [-0.4, -0.2) is 11.6 Å². The van der Waals surface area contributed by atoms with E-state index >= 15 is 0 Å². The summed E-state index contributed by atoms with van der Waals surface area (Å²) in [6.45, 7) is 9.38. The molecule has 78 valence electrons. The van der Waals surface area contributed by atoms with E-state index in [4.69, 9.17) is 0 Å². The van der Waals surface area contributed by atoms with Gasteiger partial charge in [0, 0.05) is 11.6 Å². The number of hydrogen-bond donors (Lipinski definition) is 1. The van der Waals surface area contributed by atoms with Crippen LogP contribution in [-0.2, 0) is 0 Å². The molecule has 1 aliphatic rings. The lowest BCUT2D eigenvalue weighted by atomic mass is 9.83. The molecule has 1 heteroatoms. The summed E-state index contributed by atoms with van der Waals surface area (Å²) in [4.78, 5) is 0. The van der Waals surface area contributed by atoms with Gasteiger partial charge in [0.2, 0.25) is 0 Å². The summed E-state index contributed by atoms with van der Waals surface area (Å²) in [5, 5.41) is 3.82. The SMILES string of the molecule is CCC1(CC)CC(C)CCC(C)N1. The zero-order valence-corrected chi connectivity index (χ0v) is 9.69. The normalized spacial score (nSPS) is 34.2. The van der Waals surface area contributed by atoms with Crippen LogP contribution in [0.5, 0.6) is 0 Å². The number of hydrogen-bond acceptors (Lipinski definition) is 1. The van der Waals surface area contributed by atoms with Crippen LogP contribution < -0.4 is 5.32 Å². The Kier molecular flexibility index (Phi) is 3.78.